The van der Waals surface area contributed by atoms with E-state index in [1.165, 1.54) is 21.9 Å². The molecule has 0 radical (unpaired) electrons. The van der Waals surface area contributed by atoms with Crippen molar-refractivity contribution in [2.45, 2.75) is 38.0 Å². The number of benzene rings is 4. The van der Waals surface area contributed by atoms with Crippen LogP contribution in [0.15, 0.2) is 91.0 Å². The van der Waals surface area contributed by atoms with Crippen LogP contribution in [0.2, 0.25) is 0 Å². The summed E-state index contributed by atoms with van der Waals surface area (Å²) in [5.41, 5.74) is 3.76. The monoisotopic (exact) mass is 510 g/mol. The van der Waals surface area contributed by atoms with E-state index in [-0.39, 0.29) is 0 Å². The molecular formula is C33H38N2O3. The minimum atomic E-state index is 0.391. The maximum absolute atomic E-state index is 5.98. The molecule has 2 N–H and O–H groups in total. The number of nitrogens with one attached hydrogen (secondary N) is 2. The minimum Gasteiger partial charge on any atom is -0.496 e. The van der Waals surface area contributed by atoms with Gasteiger partial charge in [0.25, 0.3) is 0 Å². The fraction of sp³-hybridized carbons (Fsp3) is 0.333. The molecule has 198 valence electrons. The number of piperidine rings is 1. The van der Waals surface area contributed by atoms with Gasteiger partial charge in [0.05, 0.1) is 26.9 Å². The van der Waals surface area contributed by atoms with Gasteiger partial charge in [-0.05, 0) is 59.1 Å². The highest BCUT2D eigenvalue weighted by atomic mass is 16.5. The van der Waals surface area contributed by atoms with Crippen molar-refractivity contribution in [3.8, 4) is 11.5 Å². The van der Waals surface area contributed by atoms with E-state index in [0.717, 1.165) is 49.5 Å². The summed E-state index contributed by atoms with van der Waals surface area (Å²) in [4.78, 5) is 0. The standard InChI is InChI=1S/C33H38N2O3/c1-36-33-10-5-4-9-29(33)24-37-19-6-20-38-30-15-13-27(14-16-30)31-17-18-34-23-32(31)35-22-25-11-12-26-7-2-3-8-28(26)21-25/h2-5,7-16,21,31-32,34-35H,6,17-20,22-24H2,1H3/t31-,32-/m1/s1. The second kappa shape index (κ2) is 13.4. The predicted octanol–water partition coefficient (Wildman–Crippen LogP) is 6.07. The van der Waals surface area contributed by atoms with Crippen LogP contribution in [0.4, 0.5) is 0 Å². The Kier molecular flexibility index (Phi) is 9.27. The zero-order valence-corrected chi connectivity index (χ0v) is 22.2. The van der Waals surface area contributed by atoms with Gasteiger partial charge in [0.15, 0.2) is 0 Å². The minimum absolute atomic E-state index is 0.391. The van der Waals surface area contributed by atoms with Crippen LogP contribution in [0.25, 0.3) is 10.8 Å². The lowest BCUT2D eigenvalue weighted by molar-refractivity contribution is 0.105. The van der Waals surface area contributed by atoms with Crippen LogP contribution in [0, 0.1) is 0 Å². The van der Waals surface area contributed by atoms with Crippen LogP contribution >= 0.6 is 0 Å². The average molecular weight is 511 g/mol. The third-order valence-electron chi connectivity index (χ3n) is 7.32. The fourth-order valence-corrected chi connectivity index (χ4v) is 5.24. The molecule has 5 rings (SSSR count). The van der Waals surface area contributed by atoms with Gasteiger partial charge in [-0.15, -0.1) is 0 Å². The Labute approximate surface area is 226 Å². The molecule has 38 heavy (non-hydrogen) atoms. The Morgan fingerprint density at radius 1 is 0.868 bits per heavy atom. The summed E-state index contributed by atoms with van der Waals surface area (Å²) in [6.07, 6.45) is 1.96. The van der Waals surface area contributed by atoms with E-state index >= 15 is 0 Å². The maximum Gasteiger partial charge on any atom is 0.124 e. The summed E-state index contributed by atoms with van der Waals surface area (Å²) in [5.74, 6) is 2.26. The van der Waals surface area contributed by atoms with Crippen LogP contribution < -0.4 is 20.1 Å². The summed E-state index contributed by atoms with van der Waals surface area (Å²) in [6, 6.07) is 32.3. The number of fused-ring (bicyclic) bond motifs is 1. The normalized spacial score (nSPS) is 17.4. The molecular weight excluding hydrogens is 472 g/mol. The van der Waals surface area contributed by atoms with Crippen LogP contribution in [-0.4, -0.2) is 39.5 Å². The van der Waals surface area contributed by atoms with E-state index in [1.807, 2.05) is 24.3 Å². The molecule has 1 aliphatic rings. The van der Waals surface area contributed by atoms with E-state index in [0.29, 0.717) is 31.8 Å². The van der Waals surface area contributed by atoms with E-state index in [4.69, 9.17) is 14.2 Å². The Hall–Kier alpha value is -3.38. The number of methoxy groups -OCH3 is 1. The molecule has 1 aliphatic heterocycles. The molecule has 0 aromatic heterocycles. The number of hydrogen-bond donors (Lipinski definition) is 2. The molecule has 0 bridgehead atoms. The molecule has 0 spiro atoms. The lowest BCUT2D eigenvalue weighted by atomic mass is 9.86. The summed E-state index contributed by atoms with van der Waals surface area (Å²) in [5, 5.41) is 9.97. The average Bonchev–Trinajstić information content (AvgIpc) is 2.98. The van der Waals surface area contributed by atoms with Crippen LogP contribution in [0.3, 0.4) is 0 Å². The molecule has 4 aromatic rings. The van der Waals surface area contributed by atoms with Crippen LogP contribution in [0.5, 0.6) is 11.5 Å². The Morgan fingerprint density at radius 2 is 1.68 bits per heavy atom. The molecule has 2 atom stereocenters. The quantitative estimate of drug-likeness (QED) is 0.227. The Balaban J connectivity index is 1.08. The van der Waals surface area contributed by atoms with Crippen molar-refractivity contribution in [2.75, 3.05) is 33.4 Å². The number of rotatable bonds is 12. The number of hydrogen-bond acceptors (Lipinski definition) is 5. The summed E-state index contributed by atoms with van der Waals surface area (Å²) < 4.78 is 17.2. The summed E-state index contributed by atoms with van der Waals surface area (Å²) in [6.45, 7) is 4.72. The molecule has 0 saturated carbocycles. The highest BCUT2D eigenvalue weighted by Crippen LogP contribution is 2.28. The maximum atomic E-state index is 5.98. The molecule has 5 heteroatoms. The lowest BCUT2D eigenvalue weighted by Gasteiger charge is -2.33. The summed E-state index contributed by atoms with van der Waals surface area (Å²) >= 11 is 0. The van der Waals surface area contributed by atoms with Gasteiger partial charge in [-0.1, -0.05) is 66.7 Å². The number of ether oxygens (including phenoxy) is 3. The molecule has 1 saturated heterocycles. The van der Waals surface area contributed by atoms with Gasteiger partial charge in [-0.3, -0.25) is 0 Å². The predicted molar refractivity (Wildman–Crippen MR) is 154 cm³/mol. The van der Waals surface area contributed by atoms with Crippen LogP contribution in [0.1, 0.15) is 35.4 Å². The second-order valence-corrected chi connectivity index (χ2v) is 9.90. The smallest absolute Gasteiger partial charge is 0.124 e. The summed E-state index contributed by atoms with van der Waals surface area (Å²) in [7, 11) is 1.69. The van der Waals surface area contributed by atoms with E-state index in [1.54, 1.807) is 7.11 Å². The molecule has 5 nitrogen and oxygen atoms in total. The van der Waals surface area contributed by atoms with Gasteiger partial charge in [0.1, 0.15) is 11.5 Å². The van der Waals surface area contributed by atoms with Crippen molar-refractivity contribution in [2.24, 2.45) is 0 Å². The fourth-order valence-electron chi connectivity index (χ4n) is 5.24. The second-order valence-electron chi connectivity index (χ2n) is 9.90. The number of para-hydroxylation sites is 1. The van der Waals surface area contributed by atoms with E-state index < -0.39 is 0 Å². The highest BCUT2D eigenvalue weighted by Gasteiger charge is 2.26. The van der Waals surface area contributed by atoms with Gasteiger partial charge in [-0.2, -0.15) is 0 Å². The highest BCUT2D eigenvalue weighted by molar-refractivity contribution is 5.82. The molecule has 4 aromatic carbocycles. The van der Waals surface area contributed by atoms with Gasteiger partial charge < -0.3 is 24.8 Å². The Morgan fingerprint density at radius 3 is 2.55 bits per heavy atom. The third-order valence-corrected chi connectivity index (χ3v) is 7.32. The van der Waals surface area contributed by atoms with Gasteiger partial charge in [0, 0.05) is 37.0 Å². The van der Waals surface area contributed by atoms with Crippen molar-refractivity contribution < 1.29 is 14.2 Å². The first kappa shape index (κ1) is 26.2. The first-order chi connectivity index (χ1) is 18.8. The van der Waals surface area contributed by atoms with E-state index in [2.05, 4.69) is 77.4 Å². The van der Waals surface area contributed by atoms with Gasteiger partial charge >= 0.3 is 0 Å². The first-order valence-corrected chi connectivity index (χ1v) is 13.6. The van der Waals surface area contributed by atoms with Crippen molar-refractivity contribution in [3.05, 3.63) is 108 Å². The molecule has 1 heterocycles. The first-order valence-electron chi connectivity index (χ1n) is 13.6. The molecule has 0 unspecified atom stereocenters. The van der Waals surface area contributed by atoms with Crippen molar-refractivity contribution in [1.29, 1.82) is 0 Å². The molecule has 1 fully saturated rings. The van der Waals surface area contributed by atoms with Crippen molar-refractivity contribution >= 4 is 10.8 Å². The third kappa shape index (κ3) is 6.93. The van der Waals surface area contributed by atoms with Crippen LogP contribution in [-0.2, 0) is 17.9 Å². The van der Waals surface area contributed by atoms with Gasteiger partial charge in [0.2, 0.25) is 0 Å². The molecule has 0 amide bonds. The largest absolute Gasteiger partial charge is 0.496 e. The van der Waals surface area contributed by atoms with Gasteiger partial charge in [-0.25, -0.2) is 0 Å². The molecule has 0 aliphatic carbocycles. The Bertz CT molecular complexity index is 1290. The van der Waals surface area contributed by atoms with E-state index in [9.17, 15) is 0 Å². The topological polar surface area (TPSA) is 51.8 Å². The SMILES string of the molecule is COc1ccccc1COCCCOc1ccc([C@H]2CCNC[C@H]2NCc2ccc3ccccc3c2)cc1. The lowest BCUT2D eigenvalue weighted by Crippen LogP contribution is -2.47. The van der Waals surface area contributed by atoms with Crippen molar-refractivity contribution in [1.82, 2.24) is 10.6 Å². The zero-order valence-electron chi connectivity index (χ0n) is 22.2. The zero-order chi connectivity index (χ0) is 26.0. The van der Waals surface area contributed by atoms with Crippen molar-refractivity contribution in [3.63, 3.8) is 0 Å².